The van der Waals surface area contributed by atoms with Crippen LogP contribution in [-0.4, -0.2) is 26.5 Å². The highest BCUT2D eigenvalue weighted by Gasteiger charge is 2.08. The number of hydrogen-bond donors (Lipinski definition) is 1. The Morgan fingerprint density at radius 2 is 1.76 bits per heavy atom. The molecule has 0 bridgehead atoms. The third-order valence-corrected chi connectivity index (χ3v) is 2.86. The summed E-state index contributed by atoms with van der Waals surface area (Å²) in [5.74, 6) is 1.91. The number of halogens is 1. The molecule has 6 heteroatoms. The van der Waals surface area contributed by atoms with E-state index in [0.29, 0.717) is 11.6 Å². The van der Waals surface area contributed by atoms with Crippen molar-refractivity contribution in [1.82, 2.24) is 19.9 Å². The highest BCUT2D eigenvalue weighted by atomic mass is 127. The highest BCUT2D eigenvalue weighted by Crippen LogP contribution is 2.17. The third kappa shape index (κ3) is 2.87. The minimum absolute atomic E-state index is 0.543. The summed E-state index contributed by atoms with van der Waals surface area (Å²) in [4.78, 5) is 17.1. The van der Waals surface area contributed by atoms with Crippen LogP contribution in [-0.2, 0) is 0 Å². The normalized spacial score (nSPS) is 10.3. The molecule has 88 valence electrons. The number of rotatable bonds is 3. The Balaban J connectivity index is 2.39. The van der Waals surface area contributed by atoms with Crippen molar-refractivity contribution >= 4 is 28.4 Å². The largest absolute Gasteiger partial charge is 0.369 e. The Labute approximate surface area is 113 Å². The maximum Gasteiger partial charge on any atom is 0.199 e. The molecule has 0 fully saturated rings. The first-order valence-corrected chi connectivity index (χ1v) is 6.34. The molecule has 0 unspecified atom stereocenters. The van der Waals surface area contributed by atoms with E-state index in [4.69, 9.17) is 0 Å². The maximum absolute atomic E-state index is 4.41. The number of aromatic nitrogens is 4. The summed E-state index contributed by atoms with van der Waals surface area (Å²) in [7, 11) is 0. The molecule has 2 rings (SSSR count). The number of anilines is 1. The number of hydrogen-bond acceptors (Lipinski definition) is 5. The SMILES string of the molecule is CCNc1nc(-c2ncc(C)cn2)ncc1I. The molecule has 0 atom stereocenters. The fraction of sp³-hybridized carbons (Fsp3) is 0.273. The van der Waals surface area contributed by atoms with Gasteiger partial charge in [0.2, 0.25) is 0 Å². The number of nitrogens with one attached hydrogen (secondary N) is 1. The van der Waals surface area contributed by atoms with E-state index < -0.39 is 0 Å². The summed E-state index contributed by atoms with van der Waals surface area (Å²) in [6.07, 6.45) is 5.29. The van der Waals surface area contributed by atoms with Crippen LogP contribution >= 0.6 is 22.6 Å². The van der Waals surface area contributed by atoms with Crippen LogP contribution in [0.3, 0.4) is 0 Å². The summed E-state index contributed by atoms with van der Waals surface area (Å²) in [5, 5.41) is 3.18. The highest BCUT2D eigenvalue weighted by molar-refractivity contribution is 14.1. The van der Waals surface area contributed by atoms with Gasteiger partial charge in [0.15, 0.2) is 11.6 Å². The minimum Gasteiger partial charge on any atom is -0.369 e. The molecule has 0 saturated carbocycles. The molecular formula is C11H12IN5. The summed E-state index contributed by atoms with van der Waals surface area (Å²) in [5.41, 5.74) is 1.02. The summed E-state index contributed by atoms with van der Waals surface area (Å²) in [6.45, 7) is 4.80. The smallest absolute Gasteiger partial charge is 0.199 e. The van der Waals surface area contributed by atoms with E-state index in [1.165, 1.54) is 0 Å². The summed E-state index contributed by atoms with van der Waals surface area (Å²) < 4.78 is 0.986. The van der Waals surface area contributed by atoms with Crippen LogP contribution in [0.5, 0.6) is 0 Å². The molecule has 0 saturated heterocycles. The van der Waals surface area contributed by atoms with E-state index in [-0.39, 0.29) is 0 Å². The average molecular weight is 341 g/mol. The van der Waals surface area contributed by atoms with Crippen molar-refractivity contribution in [2.75, 3.05) is 11.9 Å². The predicted octanol–water partition coefficient (Wildman–Crippen LogP) is 2.28. The lowest BCUT2D eigenvalue weighted by molar-refractivity contribution is 1.04. The zero-order valence-electron chi connectivity index (χ0n) is 9.61. The molecule has 2 heterocycles. The van der Waals surface area contributed by atoms with Gasteiger partial charge < -0.3 is 5.32 Å². The van der Waals surface area contributed by atoms with Crippen LogP contribution < -0.4 is 5.32 Å². The van der Waals surface area contributed by atoms with Crippen LogP contribution in [0.2, 0.25) is 0 Å². The van der Waals surface area contributed by atoms with Gasteiger partial charge in [-0.15, -0.1) is 0 Å². The van der Waals surface area contributed by atoms with E-state index >= 15 is 0 Å². The minimum atomic E-state index is 0.543. The van der Waals surface area contributed by atoms with E-state index in [1.807, 2.05) is 13.8 Å². The second kappa shape index (κ2) is 5.35. The molecular weight excluding hydrogens is 329 g/mol. The summed E-state index contributed by atoms with van der Waals surface area (Å²) in [6, 6.07) is 0. The van der Waals surface area contributed by atoms with Crippen molar-refractivity contribution in [3.05, 3.63) is 27.7 Å². The molecule has 0 aromatic carbocycles. The quantitative estimate of drug-likeness (QED) is 0.868. The second-order valence-corrected chi connectivity index (χ2v) is 4.67. The number of aryl methyl sites for hydroxylation is 1. The van der Waals surface area contributed by atoms with Gasteiger partial charge in [0, 0.05) is 25.1 Å². The van der Waals surface area contributed by atoms with Gasteiger partial charge in [0.05, 0.1) is 3.57 Å². The van der Waals surface area contributed by atoms with Gasteiger partial charge in [0.1, 0.15) is 5.82 Å². The van der Waals surface area contributed by atoms with E-state index in [9.17, 15) is 0 Å². The Morgan fingerprint density at radius 1 is 1.12 bits per heavy atom. The molecule has 2 aromatic heterocycles. The topological polar surface area (TPSA) is 63.6 Å². The van der Waals surface area contributed by atoms with E-state index in [1.54, 1.807) is 18.6 Å². The molecule has 5 nitrogen and oxygen atoms in total. The monoisotopic (exact) mass is 341 g/mol. The molecule has 2 aromatic rings. The van der Waals surface area contributed by atoms with Crippen LogP contribution in [0, 0.1) is 10.5 Å². The van der Waals surface area contributed by atoms with Crippen LogP contribution in [0.25, 0.3) is 11.6 Å². The van der Waals surface area contributed by atoms with Crippen LogP contribution in [0.1, 0.15) is 12.5 Å². The van der Waals surface area contributed by atoms with Gasteiger partial charge in [-0.2, -0.15) is 0 Å². The standard InChI is InChI=1S/C11H12IN5/c1-3-13-9-8(12)6-16-11(17-9)10-14-4-7(2)5-15-10/h4-6H,3H2,1-2H3,(H,13,16,17). The van der Waals surface area contributed by atoms with Crippen molar-refractivity contribution in [3.63, 3.8) is 0 Å². The first-order chi connectivity index (χ1) is 8.20. The average Bonchev–Trinajstić information content (AvgIpc) is 2.33. The lowest BCUT2D eigenvalue weighted by atomic mass is 10.4. The van der Waals surface area contributed by atoms with Gasteiger partial charge in [0.25, 0.3) is 0 Å². The van der Waals surface area contributed by atoms with E-state index in [2.05, 4.69) is 47.8 Å². The molecule has 0 aliphatic carbocycles. The Bertz CT molecular complexity index is 512. The van der Waals surface area contributed by atoms with Crippen molar-refractivity contribution < 1.29 is 0 Å². The summed E-state index contributed by atoms with van der Waals surface area (Å²) >= 11 is 2.20. The fourth-order valence-electron chi connectivity index (χ4n) is 1.27. The van der Waals surface area contributed by atoms with Crippen molar-refractivity contribution in [3.8, 4) is 11.6 Å². The molecule has 0 spiro atoms. The number of nitrogens with zero attached hydrogens (tertiary/aromatic N) is 4. The lowest BCUT2D eigenvalue weighted by Crippen LogP contribution is -2.04. The molecule has 0 amide bonds. The van der Waals surface area contributed by atoms with Crippen molar-refractivity contribution in [2.45, 2.75) is 13.8 Å². The van der Waals surface area contributed by atoms with Crippen molar-refractivity contribution in [1.29, 1.82) is 0 Å². The molecule has 0 radical (unpaired) electrons. The fourth-order valence-corrected chi connectivity index (χ4v) is 1.72. The molecule has 0 aliphatic rings. The van der Waals surface area contributed by atoms with Crippen LogP contribution in [0.4, 0.5) is 5.82 Å². The van der Waals surface area contributed by atoms with Crippen LogP contribution in [0.15, 0.2) is 18.6 Å². The molecule has 0 aliphatic heterocycles. The van der Waals surface area contributed by atoms with Crippen molar-refractivity contribution in [2.24, 2.45) is 0 Å². The Kier molecular flexibility index (Phi) is 3.82. The zero-order valence-corrected chi connectivity index (χ0v) is 11.8. The van der Waals surface area contributed by atoms with Gasteiger partial charge in [-0.1, -0.05) is 0 Å². The van der Waals surface area contributed by atoms with Gasteiger partial charge >= 0.3 is 0 Å². The maximum atomic E-state index is 4.41. The van der Waals surface area contributed by atoms with Gasteiger partial charge in [-0.05, 0) is 42.0 Å². The molecule has 17 heavy (non-hydrogen) atoms. The Morgan fingerprint density at radius 3 is 2.41 bits per heavy atom. The molecule has 1 N–H and O–H groups in total. The second-order valence-electron chi connectivity index (χ2n) is 3.50. The van der Waals surface area contributed by atoms with Gasteiger partial charge in [-0.25, -0.2) is 19.9 Å². The third-order valence-electron chi connectivity index (χ3n) is 2.07. The lowest BCUT2D eigenvalue weighted by Gasteiger charge is -2.06. The Hall–Kier alpha value is -1.31. The van der Waals surface area contributed by atoms with E-state index in [0.717, 1.165) is 21.5 Å². The first-order valence-electron chi connectivity index (χ1n) is 5.26. The predicted molar refractivity (Wildman–Crippen MR) is 74.7 cm³/mol. The van der Waals surface area contributed by atoms with Gasteiger partial charge in [-0.3, -0.25) is 0 Å². The first kappa shape index (κ1) is 12.2. The zero-order chi connectivity index (χ0) is 12.3.